The Morgan fingerprint density at radius 1 is 1.07 bits per heavy atom. The molecule has 1 amide bonds. The van der Waals surface area contributed by atoms with Crippen molar-refractivity contribution in [3.63, 3.8) is 0 Å². The van der Waals surface area contributed by atoms with Gasteiger partial charge in [-0.1, -0.05) is 60.2 Å². The summed E-state index contributed by atoms with van der Waals surface area (Å²) >= 11 is 1.50. The van der Waals surface area contributed by atoms with Gasteiger partial charge in [-0.3, -0.25) is 4.79 Å². The van der Waals surface area contributed by atoms with E-state index in [2.05, 4.69) is 53.6 Å². The number of amides is 1. The van der Waals surface area contributed by atoms with E-state index in [9.17, 15) is 4.79 Å². The second kappa shape index (κ2) is 9.11. The molecule has 2 aromatic carbocycles. The lowest BCUT2D eigenvalue weighted by molar-refractivity contribution is 0.0487. The summed E-state index contributed by atoms with van der Waals surface area (Å²) in [7, 11) is 0. The third-order valence-electron chi connectivity index (χ3n) is 5.95. The largest absolute Gasteiger partial charge is 0.381 e. The molecule has 1 aliphatic heterocycles. The predicted octanol–water partition coefficient (Wildman–Crippen LogP) is 4.83. The molecule has 0 saturated carbocycles. The smallest absolute Gasteiger partial charge is 0.263 e. The minimum absolute atomic E-state index is 0.0257. The van der Waals surface area contributed by atoms with Gasteiger partial charge in [0.25, 0.3) is 5.91 Å². The van der Waals surface area contributed by atoms with Crippen molar-refractivity contribution in [3.8, 4) is 0 Å². The molecule has 1 saturated heterocycles. The number of aryl methyl sites for hydroxylation is 2. The fraction of sp³-hybridized carbons (Fsp3) is 0.360. The molecular weight excluding hydrogens is 392 g/mol. The Balaban J connectivity index is 1.48. The van der Waals surface area contributed by atoms with E-state index in [1.165, 1.54) is 28.0 Å². The zero-order valence-electron chi connectivity index (χ0n) is 17.6. The number of rotatable bonds is 6. The van der Waals surface area contributed by atoms with Gasteiger partial charge in [-0.2, -0.15) is 0 Å². The van der Waals surface area contributed by atoms with Crippen molar-refractivity contribution in [3.05, 3.63) is 86.9 Å². The first-order valence-electron chi connectivity index (χ1n) is 10.5. The van der Waals surface area contributed by atoms with Crippen molar-refractivity contribution >= 4 is 17.2 Å². The molecule has 0 atom stereocenters. The maximum Gasteiger partial charge on any atom is 0.263 e. The highest BCUT2D eigenvalue weighted by molar-refractivity contribution is 7.13. The standard InChI is InChI=1S/C25H28N2O2S/c1-18-8-10-21(11-9-18)25(12-14-29-15-13-25)17-26-24(28)23-19(2)27-22(30-23)16-20-6-4-3-5-7-20/h3-11H,12-17H2,1-2H3,(H,26,28). The van der Waals surface area contributed by atoms with Crippen molar-refractivity contribution in [1.29, 1.82) is 0 Å². The normalized spacial score (nSPS) is 15.7. The molecule has 5 heteroatoms. The molecule has 0 bridgehead atoms. The molecule has 3 aromatic rings. The van der Waals surface area contributed by atoms with Gasteiger partial charge >= 0.3 is 0 Å². The van der Waals surface area contributed by atoms with Gasteiger partial charge in [-0.15, -0.1) is 11.3 Å². The number of hydrogen-bond donors (Lipinski definition) is 1. The number of ether oxygens (including phenoxy) is 1. The molecule has 0 radical (unpaired) electrons. The van der Waals surface area contributed by atoms with E-state index in [0.29, 0.717) is 11.4 Å². The average Bonchev–Trinajstić information content (AvgIpc) is 3.14. The average molecular weight is 421 g/mol. The first-order chi connectivity index (χ1) is 14.6. The number of hydrogen-bond acceptors (Lipinski definition) is 4. The fourth-order valence-corrected chi connectivity index (χ4v) is 5.09. The molecule has 4 nitrogen and oxygen atoms in total. The number of benzene rings is 2. The molecule has 1 fully saturated rings. The second-order valence-corrected chi connectivity index (χ2v) is 9.21. The highest BCUT2D eigenvalue weighted by Gasteiger charge is 2.35. The van der Waals surface area contributed by atoms with E-state index in [0.717, 1.165) is 43.2 Å². The third-order valence-corrected chi connectivity index (χ3v) is 7.10. The predicted molar refractivity (Wildman–Crippen MR) is 121 cm³/mol. The summed E-state index contributed by atoms with van der Waals surface area (Å²) in [5.41, 5.74) is 4.46. The molecule has 0 aliphatic carbocycles. The van der Waals surface area contributed by atoms with Crippen LogP contribution < -0.4 is 5.32 Å². The molecule has 4 rings (SSSR count). The monoisotopic (exact) mass is 420 g/mol. The lowest BCUT2D eigenvalue weighted by atomic mass is 9.74. The van der Waals surface area contributed by atoms with Crippen LogP contribution in [0.4, 0.5) is 0 Å². The van der Waals surface area contributed by atoms with E-state index in [1.807, 2.05) is 25.1 Å². The third kappa shape index (κ3) is 4.63. The van der Waals surface area contributed by atoms with Gasteiger partial charge in [0.05, 0.1) is 10.7 Å². The first kappa shape index (κ1) is 20.8. The van der Waals surface area contributed by atoms with Crippen LogP contribution in [0, 0.1) is 13.8 Å². The van der Waals surface area contributed by atoms with Crippen LogP contribution in [0.25, 0.3) is 0 Å². The van der Waals surface area contributed by atoms with Gasteiger partial charge in [0.1, 0.15) is 4.88 Å². The number of thiazole rings is 1. The molecule has 0 spiro atoms. The van der Waals surface area contributed by atoms with Crippen LogP contribution in [0.15, 0.2) is 54.6 Å². The van der Waals surface area contributed by atoms with Crippen LogP contribution in [0.2, 0.25) is 0 Å². The van der Waals surface area contributed by atoms with Crippen LogP contribution in [-0.4, -0.2) is 30.6 Å². The maximum absolute atomic E-state index is 13.0. The van der Waals surface area contributed by atoms with E-state index in [-0.39, 0.29) is 11.3 Å². The van der Waals surface area contributed by atoms with Crippen LogP contribution in [0.1, 0.15) is 49.9 Å². The SMILES string of the molecule is Cc1ccc(C2(CNC(=O)c3sc(Cc4ccccc4)nc3C)CCOCC2)cc1. The lowest BCUT2D eigenvalue weighted by Crippen LogP contribution is -2.44. The van der Waals surface area contributed by atoms with Gasteiger partial charge in [0.15, 0.2) is 0 Å². The first-order valence-corrected chi connectivity index (χ1v) is 11.3. The second-order valence-electron chi connectivity index (χ2n) is 8.13. The number of aromatic nitrogens is 1. The fourth-order valence-electron chi connectivity index (χ4n) is 4.08. The molecule has 1 aliphatic rings. The van der Waals surface area contributed by atoms with Crippen LogP contribution >= 0.6 is 11.3 Å². The zero-order valence-corrected chi connectivity index (χ0v) is 18.4. The van der Waals surface area contributed by atoms with Crippen molar-refractivity contribution in [1.82, 2.24) is 10.3 Å². The van der Waals surface area contributed by atoms with Crippen LogP contribution in [0.5, 0.6) is 0 Å². The summed E-state index contributed by atoms with van der Waals surface area (Å²) in [6, 6.07) is 18.9. The Bertz CT molecular complexity index is 990. The zero-order chi connectivity index (χ0) is 21.0. The van der Waals surface area contributed by atoms with Crippen LogP contribution in [-0.2, 0) is 16.6 Å². The maximum atomic E-state index is 13.0. The number of nitrogens with zero attached hydrogens (tertiary/aromatic N) is 1. The van der Waals surface area contributed by atoms with Gasteiger partial charge in [0, 0.05) is 31.6 Å². The Hall–Kier alpha value is -2.50. The van der Waals surface area contributed by atoms with Gasteiger partial charge < -0.3 is 10.1 Å². The minimum Gasteiger partial charge on any atom is -0.381 e. The molecule has 1 N–H and O–H groups in total. The summed E-state index contributed by atoms with van der Waals surface area (Å²) in [4.78, 5) is 18.4. The Morgan fingerprint density at radius 3 is 2.47 bits per heavy atom. The molecule has 30 heavy (non-hydrogen) atoms. The van der Waals surface area contributed by atoms with E-state index in [4.69, 9.17) is 4.74 Å². The van der Waals surface area contributed by atoms with E-state index < -0.39 is 0 Å². The van der Waals surface area contributed by atoms with E-state index in [1.54, 1.807) is 0 Å². The lowest BCUT2D eigenvalue weighted by Gasteiger charge is -2.38. The van der Waals surface area contributed by atoms with Gasteiger partial charge in [0.2, 0.25) is 0 Å². The summed E-state index contributed by atoms with van der Waals surface area (Å²) in [6.07, 6.45) is 2.58. The molecule has 0 unspecified atom stereocenters. The minimum atomic E-state index is -0.0763. The summed E-state index contributed by atoms with van der Waals surface area (Å²) < 4.78 is 5.62. The Labute approximate surface area is 182 Å². The summed E-state index contributed by atoms with van der Waals surface area (Å²) in [6.45, 7) is 6.09. The molecule has 156 valence electrons. The number of carbonyl (C=O) groups excluding carboxylic acids is 1. The number of nitrogens with one attached hydrogen (secondary N) is 1. The van der Waals surface area contributed by atoms with Crippen molar-refractivity contribution in [2.45, 2.75) is 38.5 Å². The summed E-state index contributed by atoms with van der Waals surface area (Å²) in [5.74, 6) is -0.0257. The Kier molecular flexibility index (Phi) is 6.30. The topological polar surface area (TPSA) is 51.2 Å². The molecule has 1 aromatic heterocycles. The molecular formula is C25H28N2O2S. The highest BCUT2D eigenvalue weighted by atomic mass is 32.1. The van der Waals surface area contributed by atoms with Gasteiger partial charge in [-0.25, -0.2) is 4.98 Å². The van der Waals surface area contributed by atoms with Crippen molar-refractivity contribution < 1.29 is 9.53 Å². The highest BCUT2D eigenvalue weighted by Crippen LogP contribution is 2.34. The Morgan fingerprint density at radius 2 is 1.77 bits per heavy atom. The summed E-state index contributed by atoms with van der Waals surface area (Å²) in [5, 5.41) is 4.19. The van der Waals surface area contributed by atoms with E-state index >= 15 is 0 Å². The van der Waals surface area contributed by atoms with Crippen molar-refractivity contribution in [2.75, 3.05) is 19.8 Å². The quantitative estimate of drug-likeness (QED) is 0.621. The number of carbonyl (C=O) groups is 1. The molecule has 2 heterocycles. The van der Waals surface area contributed by atoms with Crippen molar-refractivity contribution in [2.24, 2.45) is 0 Å². The van der Waals surface area contributed by atoms with Crippen LogP contribution in [0.3, 0.4) is 0 Å². The van der Waals surface area contributed by atoms with Gasteiger partial charge in [-0.05, 0) is 37.8 Å².